The maximum atomic E-state index is 13.1. The molecule has 2 aliphatic heterocycles. The SMILES string of the molecule is CC(C)(C)OC(=O)[C@@H]1N2C(=O)C(Br)(/N=C(\Cl)c3ccccc3[N+](=O)[O-])[C@H]2SC1(C)C. The van der Waals surface area contributed by atoms with Crippen molar-refractivity contribution in [2.75, 3.05) is 0 Å². The highest BCUT2D eigenvalue weighted by Gasteiger charge is 2.71. The molecule has 30 heavy (non-hydrogen) atoms. The van der Waals surface area contributed by atoms with E-state index in [0.29, 0.717) is 0 Å². The highest BCUT2D eigenvalue weighted by molar-refractivity contribution is 9.10. The van der Waals surface area contributed by atoms with Crippen molar-refractivity contribution in [2.24, 2.45) is 4.99 Å². The van der Waals surface area contributed by atoms with Crippen LogP contribution in [0, 0.1) is 10.1 Å². The lowest BCUT2D eigenvalue weighted by molar-refractivity contribution is -0.385. The first-order chi connectivity index (χ1) is 13.7. The van der Waals surface area contributed by atoms with Gasteiger partial charge in [-0.15, -0.1) is 11.8 Å². The van der Waals surface area contributed by atoms with Crippen molar-refractivity contribution in [2.45, 2.75) is 60.8 Å². The number of benzene rings is 1. The molecule has 0 N–H and O–H groups in total. The van der Waals surface area contributed by atoms with Gasteiger partial charge in [-0.25, -0.2) is 9.79 Å². The zero-order valence-electron chi connectivity index (χ0n) is 17.0. The Balaban J connectivity index is 1.94. The van der Waals surface area contributed by atoms with E-state index in [4.69, 9.17) is 16.3 Å². The van der Waals surface area contributed by atoms with Gasteiger partial charge in [0.25, 0.3) is 11.6 Å². The molecule has 162 valence electrons. The lowest BCUT2D eigenvalue weighted by Gasteiger charge is -2.47. The fourth-order valence-electron chi connectivity index (χ4n) is 3.45. The summed E-state index contributed by atoms with van der Waals surface area (Å²) in [6, 6.07) is 5.12. The Morgan fingerprint density at radius 2 is 1.97 bits per heavy atom. The third kappa shape index (κ3) is 3.85. The fraction of sp³-hybridized carbons (Fsp3) is 0.526. The number of fused-ring (bicyclic) bond motifs is 1. The van der Waals surface area contributed by atoms with Crippen molar-refractivity contribution >= 4 is 62.0 Å². The summed E-state index contributed by atoms with van der Waals surface area (Å²) in [6.45, 7) is 9.01. The number of amides is 1. The van der Waals surface area contributed by atoms with E-state index < -0.39 is 43.0 Å². The molecule has 0 aromatic heterocycles. The van der Waals surface area contributed by atoms with Gasteiger partial charge in [0.05, 0.1) is 10.5 Å². The summed E-state index contributed by atoms with van der Waals surface area (Å²) in [5.74, 6) is -0.933. The number of para-hydroxylation sites is 1. The van der Waals surface area contributed by atoms with Crippen LogP contribution in [0.4, 0.5) is 5.69 Å². The molecule has 0 bridgehead atoms. The summed E-state index contributed by atoms with van der Waals surface area (Å²) in [5, 5.41) is 10.6. The maximum absolute atomic E-state index is 13.1. The number of carbonyl (C=O) groups excluding carboxylic acids is 2. The number of halogens is 2. The van der Waals surface area contributed by atoms with E-state index in [1.165, 1.54) is 34.9 Å². The third-order valence-corrected chi connectivity index (χ3v) is 7.84. The van der Waals surface area contributed by atoms with Crippen LogP contribution in [0.25, 0.3) is 0 Å². The van der Waals surface area contributed by atoms with Crippen LogP contribution in [0.5, 0.6) is 0 Å². The number of thioether (sulfide) groups is 1. The molecule has 1 amide bonds. The number of carbonyl (C=O) groups is 2. The molecule has 8 nitrogen and oxygen atoms in total. The van der Waals surface area contributed by atoms with E-state index in [1.807, 2.05) is 13.8 Å². The molecule has 0 aliphatic carbocycles. The van der Waals surface area contributed by atoms with Gasteiger partial charge in [-0.2, -0.15) is 0 Å². The number of aliphatic imine (C=N–C) groups is 1. The number of β-lactam (4-membered cyclic amide) rings is 1. The topological polar surface area (TPSA) is 102 Å². The Morgan fingerprint density at radius 1 is 1.37 bits per heavy atom. The van der Waals surface area contributed by atoms with Crippen LogP contribution >= 0.6 is 39.3 Å². The van der Waals surface area contributed by atoms with Gasteiger partial charge in [-0.1, -0.05) is 23.7 Å². The first-order valence-electron chi connectivity index (χ1n) is 9.10. The molecule has 1 aromatic carbocycles. The minimum atomic E-state index is -1.42. The molecular formula is C19H21BrClN3O5S. The average Bonchev–Trinajstić information content (AvgIpc) is 2.89. The fourth-order valence-corrected chi connectivity index (χ4v) is 6.29. The quantitative estimate of drug-likeness (QED) is 0.113. The molecule has 3 rings (SSSR count). The second kappa shape index (κ2) is 7.49. The van der Waals surface area contributed by atoms with E-state index in [1.54, 1.807) is 26.8 Å². The Bertz CT molecular complexity index is 964. The van der Waals surface area contributed by atoms with Gasteiger partial charge in [0, 0.05) is 10.8 Å². The van der Waals surface area contributed by atoms with E-state index >= 15 is 0 Å². The second-order valence-corrected chi connectivity index (χ2v) is 11.9. The number of ether oxygens (including phenoxy) is 1. The normalized spacial score (nSPS) is 28.0. The number of hydrogen-bond acceptors (Lipinski definition) is 7. The van der Waals surface area contributed by atoms with Crippen LogP contribution in [0.15, 0.2) is 29.3 Å². The number of nitro groups is 1. The summed E-state index contributed by atoms with van der Waals surface area (Å²) < 4.78 is 3.47. The first kappa shape index (κ1) is 23.0. The van der Waals surface area contributed by atoms with Gasteiger partial charge in [-0.3, -0.25) is 14.9 Å². The summed E-state index contributed by atoms with van der Waals surface area (Å²) in [4.78, 5) is 42.4. The molecule has 1 unspecified atom stereocenters. The minimum absolute atomic E-state index is 0.111. The monoisotopic (exact) mass is 517 g/mol. The van der Waals surface area contributed by atoms with Crippen molar-refractivity contribution in [1.82, 2.24) is 4.90 Å². The van der Waals surface area contributed by atoms with Gasteiger partial charge in [0.15, 0.2) is 0 Å². The van der Waals surface area contributed by atoms with E-state index in [9.17, 15) is 19.7 Å². The van der Waals surface area contributed by atoms with Crippen molar-refractivity contribution in [1.29, 1.82) is 0 Å². The number of nitro benzene ring substituents is 1. The Hall–Kier alpha value is -1.65. The molecule has 2 aliphatic rings. The van der Waals surface area contributed by atoms with Crippen LogP contribution in [0.3, 0.4) is 0 Å². The zero-order valence-corrected chi connectivity index (χ0v) is 20.2. The van der Waals surface area contributed by atoms with Gasteiger partial charge < -0.3 is 9.64 Å². The van der Waals surface area contributed by atoms with Crippen molar-refractivity contribution in [3.05, 3.63) is 39.9 Å². The number of rotatable bonds is 4. The van der Waals surface area contributed by atoms with Crippen molar-refractivity contribution in [3.63, 3.8) is 0 Å². The summed E-state index contributed by atoms with van der Waals surface area (Å²) in [5.41, 5.74) is -0.791. The molecule has 3 atom stereocenters. The van der Waals surface area contributed by atoms with Gasteiger partial charge in [0.1, 0.15) is 22.2 Å². The van der Waals surface area contributed by atoms with E-state index in [0.717, 1.165) is 0 Å². The van der Waals surface area contributed by atoms with Crippen LogP contribution in [0.2, 0.25) is 0 Å². The second-order valence-electron chi connectivity index (χ2n) is 8.57. The van der Waals surface area contributed by atoms with Crippen LogP contribution in [0.1, 0.15) is 40.2 Å². The zero-order chi connectivity index (χ0) is 22.6. The average molecular weight is 519 g/mol. The molecule has 0 saturated carbocycles. The predicted molar refractivity (Wildman–Crippen MR) is 119 cm³/mol. The molecule has 1 aromatic rings. The molecule has 2 heterocycles. The van der Waals surface area contributed by atoms with Gasteiger partial charge >= 0.3 is 5.97 Å². The Morgan fingerprint density at radius 3 is 2.53 bits per heavy atom. The molecule has 2 fully saturated rings. The molecule has 0 radical (unpaired) electrons. The molecule has 11 heteroatoms. The van der Waals surface area contributed by atoms with Crippen LogP contribution in [-0.4, -0.2) is 53.1 Å². The van der Waals surface area contributed by atoms with Crippen LogP contribution < -0.4 is 0 Å². The van der Waals surface area contributed by atoms with Gasteiger partial charge in [0.2, 0.25) is 4.45 Å². The highest BCUT2D eigenvalue weighted by Crippen LogP contribution is 2.59. The summed E-state index contributed by atoms with van der Waals surface area (Å²) in [6.07, 6.45) is 0. The Labute approximate surface area is 191 Å². The number of nitrogens with zero attached hydrogens (tertiary/aromatic N) is 3. The highest BCUT2D eigenvalue weighted by atomic mass is 79.9. The van der Waals surface area contributed by atoms with Crippen molar-refractivity contribution < 1.29 is 19.2 Å². The lowest BCUT2D eigenvalue weighted by atomic mass is 9.95. The van der Waals surface area contributed by atoms with Gasteiger partial charge in [-0.05, 0) is 56.6 Å². The third-order valence-electron chi connectivity index (χ3n) is 4.68. The first-order valence-corrected chi connectivity index (χ1v) is 11.2. The summed E-state index contributed by atoms with van der Waals surface area (Å²) >= 11 is 11.1. The smallest absolute Gasteiger partial charge is 0.330 e. The largest absolute Gasteiger partial charge is 0.458 e. The lowest BCUT2D eigenvalue weighted by Crippen LogP contribution is -2.70. The standard InChI is InChI=1S/C19H21BrClN3O5S/c1-17(2,3)29-14(25)12-18(4,5)30-16-19(20,15(26)23(12)16)22-13(21)10-8-6-7-9-11(10)24(27)28/h6-9,12,16H,1-5H3/b22-13-/t12-,16+,19?/m0/s1. The molecule has 0 spiro atoms. The van der Waals surface area contributed by atoms with Crippen molar-refractivity contribution in [3.8, 4) is 0 Å². The number of alkyl halides is 1. The van der Waals surface area contributed by atoms with E-state index in [-0.39, 0.29) is 16.4 Å². The van der Waals surface area contributed by atoms with Crippen LogP contribution in [-0.2, 0) is 14.3 Å². The maximum Gasteiger partial charge on any atom is 0.330 e. The Kier molecular flexibility index (Phi) is 5.75. The summed E-state index contributed by atoms with van der Waals surface area (Å²) in [7, 11) is 0. The predicted octanol–water partition coefficient (Wildman–Crippen LogP) is 4.08. The van der Waals surface area contributed by atoms with E-state index in [2.05, 4.69) is 20.9 Å². The minimum Gasteiger partial charge on any atom is -0.458 e. The molecule has 2 saturated heterocycles. The number of hydrogen-bond donors (Lipinski definition) is 0. The molecular weight excluding hydrogens is 498 g/mol. The number of esters is 1.